The van der Waals surface area contributed by atoms with Crippen LogP contribution in [0.3, 0.4) is 0 Å². The molecule has 0 nitrogen and oxygen atoms in total. The van der Waals surface area contributed by atoms with Gasteiger partial charge in [-0.25, -0.2) is 0 Å². The molecule has 0 fully saturated rings. The Bertz CT molecular complexity index is 205. The zero-order chi connectivity index (χ0) is 15.5. The zero-order valence-electron chi connectivity index (χ0n) is 11.7. The fraction of sp³-hybridized carbons (Fsp3) is 1.00. The van der Waals surface area contributed by atoms with Gasteiger partial charge in [0.25, 0.3) is 0 Å². The van der Waals surface area contributed by atoms with Crippen LogP contribution in [0.1, 0.15) is 25.7 Å². The first-order valence-corrected chi connectivity index (χ1v) is 11.1. The molecule has 0 aliphatic rings. The molecule has 122 valence electrons. The van der Waals surface area contributed by atoms with Crippen LogP contribution in [0.25, 0.3) is 0 Å². The number of hydrogen-bond donors (Lipinski definition) is 7. The third kappa shape index (κ3) is 9.56. The van der Waals surface area contributed by atoms with Gasteiger partial charge in [0, 0.05) is 15.7 Å². The molecule has 0 saturated carbocycles. The molecule has 0 N–H and O–H groups in total. The van der Waals surface area contributed by atoms with E-state index in [1.165, 1.54) is 0 Å². The number of hydrogen-bond acceptors (Lipinski definition) is 7. The Kier molecular flexibility index (Phi) is 15.5. The molecule has 0 aliphatic heterocycles. The summed E-state index contributed by atoms with van der Waals surface area (Å²) in [5.41, 5.74) is 0. The van der Waals surface area contributed by atoms with Crippen molar-refractivity contribution in [3.8, 4) is 0 Å². The highest BCUT2D eigenvalue weighted by molar-refractivity contribution is 7.82. The number of thiol groups is 7. The van der Waals surface area contributed by atoms with Crippen LogP contribution in [-0.2, 0) is 0 Å². The first kappa shape index (κ1) is 22.4. The van der Waals surface area contributed by atoms with Crippen LogP contribution in [0.4, 0.5) is 0 Å². The molecule has 0 rings (SSSR count). The van der Waals surface area contributed by atoms with E-state index in [0.717, 1.165) is 48.7 Å². The molecule has 20 heavy (non-hydrogen) atoms. The lowest BCUT2D eigenvalue weighted by Gasteiger charge is -2.28. The van der Waals surface area contributed by atoms with Gasteiger partial charge in [0.05, 0.1) is 0 Å². The average Bonchev–Trinajstić information content (AvgIpc) is 2.42. The molecule has 0 amide bonds. The van der Waals surface area contributed by atoms with Crippen LogP contribution in [0.2, 0.25) is 0 Å². The molecule has 4 unspecified atom stereocenters. The Morgan fingerprint density at radius 1 is 0.600 bits per heavy atom. The Morgan fingerprint density at radius 3 is 1.20 bits per heavy atom. The normalized spacial score (nSPS) is 19.4. The molecule has 7 heteroatoms. The van der Waals surface area contributed by atoms with E-state index in [4.69, 9.17) is 12.6 Å². The quantitative estimate of drug-likeness (QED) is 0.229. The third-order valence-corrected chi connectivity index (χ3v) is 6.79. The van der Waals surface area contributed by atoms with Crippen molar-refractivity contribution in [2.75, 3.05) is 23.0 Å². The van der Waals surface area contributed by atoms with Gasteiger partial charge in [0.2, 0.25) is 0 Å². The minimum absolute atomic E-state index is 0.355. The topological polar surface area (TPSA) is 0 Å². The van der Waals surface area contributed by atoms with Crippen molar-refractivity contribution in [2.45, 2.75) is 41.4 Å². The molecule has 0 radical (unpaired) electrons. The zero-order valence-corrected chi connectivity index (χ0v) is 17.9. The van der Waals surface area contributed by atoms with Gasteiger partial charge in [-0.1, -0.05) is 0 Å². The molecule has 0 aromatic carbocycles. The average molecular weight is 409 g/mol. The van der Waals surface area contributed by atoms with Crippen molar-refractivity contribution in [2.24, 2.45) is 11.8 Å². The fourth-order valence-corrected chi connectivity index (χ4v) is 5.60. The first-order chi connectivity index (χ1) is 9.49. The van der Waals surface area contributed by atoms with Crippen molar-refractivity contribution < 1.29 is 0 Å². The summed E-state index contributed by atoms with van der Waals surface area (Å²) < 4.78 is 0. The summed E-state index contributed by atoms with van der Waals surface area (Å²) in [4.78, 5) is 0. The van der Waals surface area contributed by atoms with Crippen LogP contribution >= 0.6 is 88.4 Å². The summed E-state index contributed by atoms with van der Waals surface area (Å²) in [5, 5.41) is 1.07. The molecule has 4 atom stereocenters. The molecule has 0 heterocycles. The lowest BCUT2D eigenvalue weighted by atomic mass is 9.92. The minimum atomic E-state index is 0.355. The first-order valence-electron chi connectivity index (χ1n) is 6.97. The van der Waals surface area contributed by atoms with Crippen molar-refractivity contribution in [3.05, 3.63) is 0 Å². The van der Waals surface area contributed by atoms with Crippen molar-refractivity contribution in [3.63, 3.8) is 0 Å². The minimum Gasteiger partial charge on any atom is -0.179 e. The van der Waals surface area contributed by atoms with Crippen LogP contribution in [0.5, 0.6) is 0 Å². The molecular weight excluding hydrogens is 381 g/mol. The summed E-state index contributed by atoms with van der Waals surface area (Å²) in [6, 6.07) is 0. The van der Waals surface area contributed by atoms with E-state index < -0.39 is 0 Å². The van der Waals surface area contributed by atoms with Crippen molar-refractivity contribution >= 4 is 88.4 Å². The van der Waals surface area contributed by atoms with Gasteiger partial charge in [0.15, 0.2) is 0 Å². The summed E-state index contributed by atoms with van der Waals surface area (Å²) in [7, 11) is 0. The van der Waals surface area contributed by atoms with Gasteiger partial charge in [-0.05, 0) is 60.5 Å². The smallest absolute Gasteiger partial charge is 0.00610 e. The van der Waals surface area contributed by atoms with E-state index in [-0.39, 0.29) is 0 Å². The summed E-state index contributed by atoms with van der Waals surface area (Å²) in [5.74, 6) is 4.42. The van der Waals surface area contributed by atoms with Crippen LogP contribution in [0, 0.1) is 11.8 Å². The van der Waals surface area contributed by atoms with E-state index in [1.54, 1.807) is 0 Å². The second-order valence-electron chi connectivity index (χ2n) is 5.17. The SMILES string of the molecule is SCCC(S)C(CS)CC(S)CC(CS)C(S)CCS. The van der Waals surface area contributed by atoms with Gasteiger partial charge in [-0.3, -0.25) is 0 Å². The molecule has 0 aliphatic carbocycles. The maximum absolute atomic E-state index is 4.77. The Balaban J connectivity index is 4.31. The van der Waals surface area contributed by atoms with Crippen LogP contribution < -0.4 is 0 Å². The predicted molar refractivity (Wildman–Crippen MR) is 119 cm³/mol. The van der Waals surface area contributed by atoms with Gasteiger partial charge in [0.1, 0.15) is 0 Å². The maximum Gasteiger partial charge on any atom is 0.00610 e. The highest BCUT2D eigenvalue weighted by Gasteiger charge is 2.24. The van der Waals surface area contributed by atoms with E-state index in [0.29, 0.717) is 27.6 Å². The van der Waals surface area contributed by atoms with Crippen LogP contribution in [-0.4, -0.2) is 38.8 Å². The van der Waals surface area contributed by atoms with Crippen molar-refractivity contribution in [1.82, 2.24) is 0 Å². The largest absolute Gasteiger partial charge is 0.179 e. The molecule has 0 aromatic rings. The Hall–Kier alpha value is 2.45. The standard InChI is InChI=1S/C13H28S7/c14-3-1-12(19)9(7-16)5-11(18)6-10(8-17)13(20)2-4-15/h9-20H,1-8H2. The fourth-order valence-electron chi connectivity index (χ4n) is 2.24. The highest BCUT2D eigenvalue weighted by atomic mass is 32.1. The van der Waals surface area contributed by atoms with Gasteiger partial charge >= 0.3 is 0 Å². The third-order valence-electron chi connectivity index (χ3n) is 3.56. The summed E-state index contributed by atoms with van der Waals surface area (Å²) in [6.07, 6.45) is 4.12. The van der Waals surface area contributed by atoms with Gasteiger partial charge in [-0.15, -0.1) is 0 Å². The summed E-state index contributed by atoms with van der Waals surface area (Å²) >= 11 is 31.6. The number of rotatable bonds is 12. The van der Waals surface area contributed by atoms with E-state index in [1.807, 2.05) is 0 Å². The molecule has 0 bridgehead atoms. The Morgan fingerprint density at radius 2 is 0.950 bits per heavy atom. The van der Waals surface area contributed by atoms with E-state index >= 15 is 0 Å². The molecular formula is C13H28S7. The second kappa shape index (κ2) is 13.8. The highest BCUT2D eigenvalue weighted by Crippen LogP contribution is 2.29. The Labute approximate surface area is 163 Å². The predicted octanol–water partition coefficient (Wildman–Crippen LogP) is 4.39. The van der Waals surface area contributed by atoms with Gasteiger partial charge in [-0.2, -0.15) is 88.4 Å². The molecule has 0 saturated heterocycles. The molecule has 0 aromatic heterocycles. The second-order valence-corrected chi connectivity index (χ2v) is 8.85. The maximum atomic E-state index is 4.77. The van der Waals surface area contributed by atoms with Gasteiger partial charge < -0.3 is 0 Å². The van der Waals surface area contributed by atoms with E-state index in [2.05, 4.69) is 75.8 Å². The monoisotopic (exact) mass is 408 g/mol. The van der Waals surface area contributed by atoms with Crippen LogP contribution in [0.15, 0.2) is 0 Å². The van der Waals surface area contributed by atoms with E-state index in [9.17, 15) is 0 Å². The van der Waals surface area contributed by atoms with Crippen molar-refractivity contribution in [1.29, 1.82) is 0 Å². The lowest BCUT2D eigenvalue weighted by molar-refractivity contribution is 0.440. The molecule has 0 spiro atoms. The lowest BCUT2D eigenvalue weighted by Crippen LogP contribution is -2.26. The summed E-state index contributed by atoms with van der Waals surface area (Å²) in [6.45, 7) is 0.